The lowest BCUT2D eigenvalue weighted by Crippen LogP contribution is -2.58. The zero-order valence-corrected chi connectivity index (χ0v) is 63.9. The predicted molar refractivity (Wildman–Crippen MR) is 424 cm³/mol. The molecule has 0 radical (unpaired) electrons. The fraction of sp³-hybridized carbons (Fsp3) is 0.333. The van der Waals surface area contributed by atoms with Gasteiger partial charge in [-0.25, -0.2) is 0 Å². The van der Waals surface area contributed by atoms with Crippen LogP contribution in [-0.2, 0) is 112 Å². The van der Waals surface area contributed by atoms with Gasteiger partial charge in [0.05, 0.1) is 37.8 Å². The highest BCUT2D eigenvalue weighted by Gasteiger charge is 2.33. The molecule has 0 aliphatic carbocycles. The zero-order chi connectivity index (χ0) is 82.7. The number of carboxylic acids is 1. The highest BCUT2D eigenvalue weighted by molar-refractivity contribution is 5.98. The number of Topliss-reactive ketones (excluding diaryl/α,β-unsaturated/α-hetero) is 1. The number of nitrogens with one attached hydrogen (secondary N) is 12. The van der Waals surface area contributed by atoms with E-state index in [9.17, 15) is 72.2 Å². The van der Waals surface area contributed by atoms with Crippen LogP contribution >= 0.6 is 0 Å². The highest BCUT2D eigenvalue weighted by Crippen LogP contribution is 2.13. The Balaban J connectivity index is 0.000000394. The van der Waals surface area contributed by atoms with E-state index < -0.39 is 157 Å². The van der Waals surface area contributed by atoms with E-state index in [0.29, 0.717) is 42.5 Å². The van der Waals surface area contributed by atoms with Crippen molar-refractivity contribution in [2.45, 2.75) is 145 Å². The summed E-state index contributed by atoms with van der Waals surface area (Å²) in [6.07, 6.45) is 1.14. The van der Waals surface area contributed by atoms with Gasteiger partial charge in [0.15, 0.2) is 5.78 Å². The van der Waals surface area contributed by atoms with Gasteiger partial charge in [0.2, 0.25) is 70.9 Å². The fourth-order valence-corrected chi connectivity index (χ4v) is 11.8. The van der Waals surface area contributed by atoms with Gasteiger partial charge in [0.25, 0.3) is 0 Å². The van der Waals surface area contributed by atoms with Gasteiger partial charge in [-0.2, -0.15) is 0 Å². The van der Waals surface area contributed by atoms with Gasteiger partial charge >= 0.3 is 0 Å². The second kappa shape index (κ2) is 48.8. The van der Waals surface area contributed by atoms with Crippen molar-refractivity contribution >= 4 is 82.6 Å². The second-order valence-electron chi connectivity index (χ2n) is 27.1. The van der Waals surface area contributed by atoms with Gasteiger partial charge in [-0.1, -0.05) is 212 Å². The molecule has 0 saturated heterocycles. The first-order valence-corrected chi connectivity index (χ1v) is 37.4. The highest BCUT2D eigenvalue weighted by atomic mass is 16.4. The van der Waals surface area contributed by atoms with Crippen molar-refractivity contribution in [3.63, 3.8) is 0 Å². The van der Waals surface area contributed by atoms with E-state index in [0.717, 1.165) is 29.2 Å². The Kier molecular flexibility index (Phi) is 38.5. The summed E-state index contributed by atoms with van der Waals surface area (Å²) >= 11 is 0. The van der Waals surface area contributed by atoms with Gasteiger partial charge < -0.3 is 90.9 Å². The van der Waals surface area contributed by atoms with Crippen LogP contribution < -0.4 is 86.1 Å². The Morgan fingerprint density at radius 1 is 0.333 bits per heavy atom. The molecule has 0 bridgehead atoms. The van der Waals surface area contributed by atoms with Crippen molar-refractivity contribution in [1.29, 1.82) is 0 Å². The molecule has 7 unspecified atom stereocenters. The number of unbranched alkanes of at least 4 members (excludes halogenated alkanes) is 1. The summed E-state index contributed by atoms with van der Waals surface area (Å²) in [5.74, 6) is -10.2. The van der Waals surface area contributed by atoms with E-state index in [2.05, 4.69) is 63.8 Å². The molecule has 30 heteroatoms. The number of likely N-dealkylation sites (N-methyl/N-ethyl adjacent to an activating group) is 1. The standard InChI is InChI=1S/C51H63N9O10.C33H40N6O5/c1-33(61)40(30-46(64)65)59-51(70)43(29-37-22-12-5-13-23-37)57-45(63)32-55-48(67)41(27-35-18-8-3-9-19-35)60-49(68)39(24-14-15-25-52)58-50(69)42(28-36-20-10-4-11-21-36)56-44(62)31-54-47(66)38(53)26-34-16-6-2-7-17-34;1-22(31(42)39-26(30(34)41)18-23-12-6-3-7-13-23)37-33(44)28(20-25-16-10-5-11-17-25)38-29(40)21-36-32(43)27(35-2)19-24-14-8-4-9-15-24/h2-13,16-23,38-43H,14-15,24-32,52-53H2,1H3,(H,54,66)(H,55,67)(H,56,62)(H,57,63)(H,58,69)(H,59,70)(H,60,68)(H,64,65);3-17,22,26-28,35H,18-21H2,1-2H3,(H2,34,41)(H,36,43)(H,37,44)(H,38,40)(H,39,42)/p-1/t38?,39-,40-,41?,42?,43?;22-,26?,27?,28?/m00/s1. The Hall–Kier alpha value is -12.8. The summed E-state index contributed by atoms with van der Waals surface area (Å²) in [5.41, 5.74) is 22.7. The number of carboxylic acid groups (broad SMARTS) is 1. The van der Waals surface area contributed by atoms with E-state index >= 15 is 0 Å². The molecule has 0 heterocycles. The maximum atomic E-state index is 14.2. The number of carbonyl (C=O) groups is 14. The topological polar surface area (TPSA) is 484 Å². The van der Waals surface area contributed by atoms with Crippen molar-refractivity contribution in [2.24, 2.45) is 17.2 Å². The molecule has 7 aromatic carbocycles. The van der Waals surface area contributed by atoms with Gasteiger partial charge in [-0.3, -0.25) is 62.3 Å². The lowest BCUT2D eigenvalue weighted by Gasteiger charge is -2.26. The van der Waals surface area contributed by atoms with Crippen LogP contribution in [0, 0.1) is 0 Å². The number of primary amides is 1. The molecule has 114 heavy (non-hydrogen) atoms. The van der Waals surface area contributed by atoms with E-state index in [1.54, 1.807) is 98.0 Å². The summed E-state index contributed by atoms with van der Waals surface area (Å²) in [4.78, 5) is 182. The predicted octanol–water partition coefficient (Wildman–Crippen LogP) is -0.823. The Morgan fingerprint density at radius 2 is 0.614 bits per heavy atom. The minimum atomic E-state index is -1.57. The molecule has 7 rings (SSSR count). The maximum Gasteiger partial charge on any atom is 0.243 e. The third-order valence-corrected chi connectivity index (χ3v) is 18.0. The molecule has 18 N–H and O–H groups in total. The zero-order valence-electron chi connectivity index (χ0n) is 63.9. The number of amides is 12. The summed E-state index contributed by atoms with van der Waals surface area (Å²) in [7, 11) is 1.66. The maximum absolute atomic E-state index is 14.2. The molecule has 12 amide bonds. The molecule has 10 atom stereocenters. The molecular weight excluding hydrogens is 1460 g/mol. The molecule has 30 nitrogen and oxygen atoms in total. The van der Waals surface area contributed by atoms with Gasteiger partial charge in [-0.15, -0.1) is 0 Å². The largest absolute Gasteiger partial charge is 0.550 e. The Labute approximate surface area is 662 Å². The van der Waals surface area contributed by atoms with Crippen LogP contribution in [0.4, 0.5) is 0 Å². The third-order valence-electron chi connectivity index (χ3n) is 18.0. The molecule has 0 spiro atoms. The molecule has 604 valence electrons. The number of hydrogen-bond donors (Lipinski definition) is 15. The van der Waals surface area contributed by atoms with Crippen LogP contribution in [0.25, 0.3) is 0 Å². The SMILES string of the molecule is CC(=O)[C@H](CC(=O)[O-])NC(=O)C(Cc1ccccc1)NC(=O)CNC(=O)C(Cc1ccccc1)NC(=O)[C@H](CCCCN)NC(=O)C(Cc1ccccc1)NC(=O)CNC(=O)C(N)Cc1ccccc1.CNC(Cc1ccccc1)C(=O)NCC(=O)NC(Cc1ccccc1)C(=O)N[C@@H](C)C(=O)NC(Cc1ccccc1)C(N)=O. The number of aliphatic carboxylic acids is 1. The molecule has 0 saturated carbocycles. The summed E-state index contributed by atoms with van der Waals surface area (Å²) in [6, 6.07) is 51.9. The van der Waals surface area contributed by atoms with Crippen LogP contribution in [0.1, 0.15) is 78.5 Å². The van der Waals surface area contributed by atoms with E-state index in [4.69, 9.17) is 17.2 Å². The Bertz CT molecular complexity index is 4270. The third kappa shape index (κ3) is 33.4. The van der Waals surface area contributed by atoms with E-state index in [1.807, 2.05) is 121 Å². The van der Waals surface area contributed by atoms with Crippen molar-refractivity contribution in [2.75, 3.05) is 33.2 Å². The fourth-order valence-electron chi connectivity index (χ4n) is 11.8. The molecule has 0 aliphatic heterocycles. The lowest BCUT2D eigenvalue weighted by atomic mass is 10.0. The average Bonchev–Trinajstić information content (AvgIpc) is 0.864. The average molecular weight is 1560 g/mol. The number of benzene rings is 7. The van der Waals surface area contributed by atoms with Crippen molar-refractivity contribution < 1.29 is 72.2 Å². The Morgan fingerprint density at radius 3 is 0.947 bits per heavy atom. The quantitative estimate of drug-likeness (QED) is 0.0207. The smallest absolute Gasteiger partial charge is 0.243 e. The number of ketones is 1. The van der Waals surface area contributed by atoms with Crippen LogP contribution in [0.3, 0.4) is 0 Å². The van der Waals surface area contributed by atoms with Gasteiger partial charge in [0.1, 0.15) is 42.3 Å². The van der Waals surface area contributed by atoms with Crippen molar-refractivity contribution in [1.82, 2.24) is 63.8 Å². The van der Waals surface area contributed by atoms with E-state index in [1.165, 1.54) is 6.92 Å². The number of hydrogen-bond acceptors (Lipinski definition) is 18. The molecule has 7 aromatic rings. The van der Waals surface area contributed by atoms with E-state index in [-0.39, 0.29) is 57.4 Å². The molecule has 0 aliphatic rings. The molecule has 0 aromatic heterocycles. The van der Waals surface area contributed by atoms with Gasteiger partial charge in [0, 0.05) is 44.5 Å². The lowest BCUT2D eigenvalue weighted by molar-refractivity contribution is -0.306. The summed E-state index contributed by atoms with van der Waals surface area (Å²) < 4.78 is 0. The first-order valence-electron chi connectivity index (χ1n) is 37.4. The summed E-state index contributed by atoms with van der Waals surface area (Å²) in [5, 5.41) is 42.8. The monoisotopic (exact) mass is 1560 g/mol. The van der Waals surface area contributed by atoms with Crippen LogP contribution in [0.15, 0.2) is 212 Å². The van der Waals surface area contributed by atoms with Crippen LogP contribution in [0.2, 0.25) is 0 Å². The number of nitrogens with two attached hydrogens (primary N) is 3. The van der Waals surface area contributed by atoms with Gasteiger partial charge in [-0.05, 0) is 98.5 Å². The number of rotatable bonds is 45. The summed E-state index contributed by atoms with van der Waals surface area (Å²) in [6.45, 7) is 1.38. The first kappa shape index (κ1) is 90.1. The second-order valence-corrected chi connectivity index (χ2v) is 27.1. The minimum Gasteiger partial charge on any atom is -0.550 e. The molecular formula is C84H102N15O15-. The normalized spacial score (nSPS) is 13.4. The van der Waals surface area contributed by atoms with Crippen molar-refractivity contribution in [3.8, 4) is 0 Å². The minimum absolute atomic E-state index is 0.0170. The van der Waals surface area contributed by atoms with Crippen LogP contribution in [-0.4, -0.2) is 176 Å². The molecule has 0 fully saturated rings. The first-order chi connectivity index (χ1) is 54.8. The number of carbonyl (C=O) groups excluding carboxylic acids is 14. The van der Waals surface area contributed by atoms with Crippen molar-refractivity contribution in [3.05, 3.63) is 251 Å². The van der Waals surface area contributed by atoms with Crippen LogP contribution in [0.5, 0.6) is 0 Å².